The van der Waals surface area contributed by atoms with Crippen molar-refractivity contribution in [2.45, 2.75) is 24.6 Å². The molecule has 1 saturated heterocycles. The van der Waals surface area contributed by atoms with Crippen molar-refractivity contribution in [2.24, 2.45) is 0 Å². The summed E-state index contributed by atoms with van der Waals surface area (Å²) in [6.45, 7) is 3.76. The number of likely N-dealkylation sites (tertiary alicyclic amines) is 1. The van der Waals surface area contributed by atoms with Gasteiger partial charge in [-0.15, -0.1) is 0 Å². The Hall–Kier alpha value is -0.350. The molecule has 0 radical (unpaired) electrons. The molecule has 0 spiro atoms. The van der Waals surface area contributed by atoms with Crippen LogP contribution in [0.4, 0.5) is 0 Å². The van der Waals surface area contributed by atoms with E-state index >= 15 is 0 Å². The molecule has 0 saturated carbocycles. The Labute approximate surface area is 102 Å². The van der Waals surface area contributed by atoms with Gasteiger partial charge in [-0.05, 0) is 30.7 Å². The maximum Gasteiger partial charge on any atom is 0.254 e. The highest BCUT2D eigenvalue weighted by molar-refractivity contribution is 9.09. The van der Waals surface area contributed by atoms with Crippen LogP contribution in [0.1, 0.15) is 28.8 Å². The highest BCUT2D eigenvalue weighted by Crippen LogP contribution is 2.21. The van der Waals surface area contributed by atoms with Crippen molar-refractivity contribution < 1.29 is 4.79 Å². The Kier molecular flexibility index (Phi) is 3.46. The fourth-order valence-corrected chi connectivity index (χ4v) is 3.03. The summed E-state index contributed by atoms with van der Waals surface area (Å²) in [7, 11) is 0. The largest absolute Gasteiger partial charge is 0.339 e. The SMILES string of the molecule is Cc1cscc1C(=O)N1CCC(Br)CC1. The number of amides is 1. The van der Waals surface area contributed by atoms with Crippen LogP contribution in [0.25, 0.3) is 0 Å². The van der Waals surface area contributed by atoms with Crippen molar-refractivity contribution in [2.75, 3.05) is 13.1 Å². The molecule has 1 aromatic heterocycles. The van der Waals surface area contributed by atoms with Crippen molar-refractivity contribution in [3.05, 3.63) is 21.9 Å². The molecule has 2 rings (SSSR count). The van der Waals surface area contributed by atoms with Crippen LogP contribution in [0, 0.1) is 6.92 Å². The zero-order valence-electron chi connectivity index (χ0n) is 8.70. The van der Waals surface area contributed by atoms with Crippen LogP contribution in [0.5, 0.6) is 0 Å². The molecule has 0 aromatic carbocycles. The predicted octanol–water partition coefficient (Wildman–Crippen LogP) is 3.06. The maximum absolute atomic E-state index is 12.1. The fourth-order valence-electron chi connectivity index (χ4n) is 1.80. The van der Waals surface area contributed by atoms with Crippen LogP contribution in [0.2, 0.25) is 0 Å². The lowest BCUT2D eigenvalue weighted by atomic mass is 10.1. The van der Waals surface area contributed by atoms with Gasteiger partial charge in [0.2, 0.25) is 0 Å². The van der Waals surface area contributed by atoms with E-state index in [-0.39, 0.29) is 5.91 Å². The number of alkyl halides is 1. The lowest BCUT2D eigenvalue weighted by molar-refractivity contribution is 0.0728. The molecule has 1 amide bonds. The van der Waals surface area contributed by atoms with Crippen LogP contribution < -0.4 is 0 Å². The first-order valence-corrected chi connectivity index (χ1v) is 7.00. The average molecular weight is 288 g/mol. The summed E-state index contributed by atoms with van der Waals surface area (Å²) < 4.78 is 0. The Bertz CT molecular complexity index is 355. The van der Waals surface area contributed by atoms with Gasteiger partial charge in [-0.2, -0.15) is 11.3 Å². The average Bonchev–Trinajstić information content (AvgIpc) is 2.65. The Balaban J connectivity index is 2.06. The third kappa shape index (κ3) is 2.42. The number of halogens is 1. The quantitative estimate of drug-likeness (QED) is 0.727. The van der Waals surface area contributed by atoms with E-state index in [4.69, 9.17) is 0 Å². The van der Waals surface area contributed by atoms with Crippen molar-refractivity contribution in [1.29, 1.82) is 0 Å². The van der Waals surface area contributed by atoms with Gasteiger partial charge in [-0.1, -0.05) is 15.9 Å². The van der Waals surface area contributed by atoms with Gasteiger partial charge in [0, 0.05) is 23.3 Å². The summed E-state index contributed by atoms with van der Waals surface area (Å²) >= 11 is 5.19. The number of rotatable bonds is 1. The molecule has 82 valence electrons. The van der Waals surface area contributed by atoms with Crippen molar-refractivity contribution in [3.8, 4) is 0 Å². The summed E-state index contributed by atoms with van der Waals surface area (Å²) in [5, 5.41) is 3.99. The standard InChI is InChI=1S/C11H14BrNOS/c1-8-6-15-7-10(8)11(14)13-4-2-9(12)3-5-13/h6-7,9H,2-5H2,1H3. The number of hydrogen-bond donors (Lipinski definition) is 0. The van der Waals surface area contributed by atoms with E-state index in [1.165, 1.54) is 0 Å². The Morgan fingerprint density at radius 3 is 2.67 bits per heavy atom. The molecule has 1 aliphatic rings. The van der Waals surface area contributed by atoms with Crippen molar-refractivity contribution in [3.63, 3.8) is 0 Å². The van der Waals surface area contributed by atoms with E-state index in [0.717, 1.165) is 37.1 Å². The van der Waals surface area contributed by atoms with Crippen LogP contribution in [-0.2, 0) is 0 Å². The highest BCUT2D eigenvalue weighted by Gasteiger charge is 2.23. The number of nitrogens with zero attached hydrogens (tertiary/aromatic N) is 1. The van der Waals surface area contributed by atoms with Crippen LogP contribution in [0.3, 0.4) is 0 Å². The summed E-state index contributed by atoms with van der Waals surface area (Å²) in [4.78, 5) is 14.7. The van der Waals surface area contributed by atoms with E-state index in [9.17, 15) is 4.79 Å². The van der Waals surface area contributed by atoms with Gasteiger partial charge in [0.25, 0.3) is 5.91 Å². The molecule has 1 fully saturated rings. The monoisotopic (exact) mass is 287 g/mol. The van der Waals surface area contributed by atoms with Gasteiger partial charge >= 0.3 is 0 Å². The van der Waals surface area contributed by atoms with Crippen LogP contribution in [0.15, 0.2) is 10.8 Å². The first kappa shape index (κ1) is 11.1. The molecule has 0 bridgehead atoms. The molecule has 1 aliphatic heterocycles. The number of carbonyl (C=O) groups is 1. The molecule has 0 atom stereocenters. The van der Waals surface area contributed by atoms with E-state index in [2.05, 4.69) is 15.9 Å². The third-order valence-corrected chi connectivity index (χ3v) is 4.57. The second kappa shape index (κ2) is 4.66. The van der Waals surface area contributed by atoms with Crippen LogP contribution >= 0.6 is 27.3 Å². The Morgan fingerprint density at radius 2 is 2.13 bits per heavy atom. The summed E-state index contributed by atoms with van der Waals surface area (Å²) in [6, 6.07) is 0. The third-order valence-electron chi connectivity index (χ3n) is 2.80. The van der Waals surface area contributed by atoms with Gasteiger partial charge in [0.15, 0.2) is 0 Å². The number of piperidine rings is 1. The molecule has 2 heterocycles. The zero-order chi connectivity index (χ0) is 10.8. The van der Waals surface area contributed by atoms with Gasteiger partial charge < -0.3 is 4.90 Å². The van der Waals surface area contributed by atoms with Gasteiger partial charge in [-0.25, -0.2) is 0 Å². The first-order chi connectivity index (χ1) is 7.18. The van der Waals surface area contributed by atoms with Gasteiger partial charge in [-0.3, -0.25) is 4.79 Å². The minimum absolute atomic E-state index is 0.202. The molecule has 15 heavy (non-hydrogen) atoms. The lowest BCUT2D eigenvalue weighted by Gasteiger charge is -2.29. The number of hydrogen-bond acceptors (Lipinski definition) is 2. The highest BCUT2D eigenvalue weighted by atomic mass is 79.9. The summed E-state index contributed by atoms with van der Waals surface area (Å²) in [6.07, 6.45) is 2.13. The second-order valence-electron chi connectivity index (χ2n) is 3.94. The maximum atomic E-state index is 12.1. The van der Waals surface area contributed by atoms with Gasteiger partial charge in [0.05, 0.1) is 5.56 Å². The minimum Gasteiger partial charge on any atom is -0.339 e. The fraction of sp³-hybridized carbons (Fsp3) is 0.545. The number of aryl methyl sites for hydroxylation is 1. The molecule has 1 aromatic rings. The first-order valence-electron chi connectivity index (χ1n) is 5.14. The molecule has 0 unspecified atom stereocenters. The predicted molar refractivity (Wildman–Crippen MR) is 66.9 cm³/mol. The minimum atomic E-state index is 0.202. The number of carbonyl (C=O) groups excluding carboxylic acids is 1. The van der Waals surface area contributed by atoms with Crippen molar-refractivity contribution in [1.82, 2.24) is 4.90 Å². The van der Waals surface area contributed by atoms with E-state index in [0.29, 0.717) is 4.83 Å². The summed E-state index contributed by atoms with van der Waals surface area (Å²) in [5.41, 5.74) is 1.99. The molecule has 0 aliphatic carbocycles. The molecule has 0 N–H and O–H groups in total. The second-order valence-corrected chi connectivity index (χ2v) is 5.97. The Morgan fingerprint density at radius 1 is 1.47 bits per heavy atom. The van der Waals surface area contributed by atoms with Crippen LogP contribution in [-0.4, -0.2) is 28.7 Å². The lowest BCUT2D eigenvalue weighted by Crippen LogP contribution is -2.38. The van der Waals surface area contributed by atoms with Crippen molar-refractivity contribution >= 4 is 33.2 Å². The molecular formula is C11H14BrNOS. The molecule has 2 nitrogen and oxygen atoms in total. The van der Waals surface area contributed by atoms with E-state index < -0.39 is 0 Å². The molecule has 4 heteroatoms. The normalized spacial score (nSPS) is 18.1. The smallest absolute Gasteiger partial charge is 0.254 e. The summed E-state index contributed by atoms with van der Waals surface area (Å²) in [5.74, 6) is 0.202. The topological polar surface area (TPSA) is 20.3 Å². The van der Waals surface area contributed by atoms with E-state index in [1.807, 2.05) is 22.6 Å². The van der Waals surface area contributed by atoms with E-state index in [1.54, 1.807) is 11.3 Å². The molecular weight excluding hydrogens is 274 g/mol. The van der Waals surface area contributed by atoms with Gasteiger partial charge in [0.1, 0.15) is 0 Å². The number of thiophene rings is 1. The zero-order valence-corrected chi connectivity index (χ0v) is 11.1.